The van der Waals surface area contributed by atoms with E-state index in [0.717, 1.165) is 17.5 Å². The van der Waals surface area contributed by atoms with Crippen LogP contribution in [-0.2, 0) is 10.0 Å². The predicted octanol–water partition coefficient (Wildman–Crippen LogP) is 5.15. The average Bonchev–Trinajstić information content (AvgIpc) is 2.76. The van der Waals surface area contributed by atoms with Gasteiger partial charge in [0.2, 0.25) is 0 Å². The molecule has 0 heterocycles. The highest BCUT2D eigenvalue weighted by atomic mass is 35.5. The maximum absolute atomic E-state index is 13.0. The molecule has 178 valence electrons. The highest BCUT2D eigenvalue weighted by Gasteiger charge is 2.21. The van der Waals surface area contributed by atoms with E-state index in [4.69, 9.17) is 11.6 Å². The number of sulfonamides is 1. The molecule has 9 heteroatoms. The van der Waals surface area contributed by atoms with Crippen LogP contribution in [0.3, 0.4) is 0 Å². The van der Waals surface area contributed by atoms with Gasteiger partial charge in [-0.25, -0.2) is 8.42 Å². The minimum atomic E-state index is -4.06. The Bertz CT molecular complexity index is 1320. The molecule has 3 rings (SSSR count). The Balaban J connectivity index is 1.88. The monoisotopic (exact) mass is 499 g/mol. The molecule has 0 spiro atoms. The van der Waals surface area contributed by atoms with Crippen LogP contribution in [0.25, 0.3) is 0 Å². The van der Waals surface area contributed by atoms with E-state index in [1.165, 1.54) is 18.2 Å². The van der Waals surface area contributed by atoms with Gasteiger partial charge in [0.25, 0.3) is 21.8 Å². The zero-order chi connectivity index (χ0) is 24.9. The second-order valence-electron chi connectivity index (χ2n) is 7.88. The van der Waals surface area contributed by atoms with Crippen LogP contribution in [0.1, 0.15) is 45.2 Å². The highest BCUT2D eigenvalue weighted by Crippen LogP contribution is 2.27. The molecule has 3 aromatic carbocycles. The molecule has 0 fully saturated rings. The molecule has 0 aliphatic heterocycles. The van der Waals surface area contributed by atoms with Gasteiger partial charge in [0, 0.05) is 17.8 Å². The molecule has 3 N–H and O–H groups in total. The van der Waals surface area contributed by atoms with Crippen molar-refractivity contribution in [1.29, 1.82) is 0 Å². The first-order valence-electron chi connectivity index (χ1n) is 10.7. The molecule has 0 saturated heterocycles. The maximum atomic E-state index is 13.0. The molecule has 0 atom stereocenters. The minimum absolute atomic E-state index is 0.0206. The van der Waals surface area contributed by atoms with Crippen LogP contribution in [0.5, 0.6) is 0 Å². The van der Waals surface area contributed by atoms with Crippen LogP contribution < -0.4 is 15.4 Å². The molecule has 0 bridgehead atoms. The van der Waals surface area contributed by atoms with E-state index in [9.17, 15) is 18.0 Å². The summed E-state index contributed by atoms with van der Waals surface area (Å²) in [6.07, 6.45) is 0.776. The molecule has 3 aromatic rings. The molecule has 0 aliphatic carbocycles. The number of nitrogens with one attached hydrogen (secondary N) is 3. The van der Waals surface area contributed by atoms with Crippen molar-refractivity contribution in [2.24, 2.45) is 0 Å². The summed E-state index contributed by atoms with van der Waals surface area (Å²) in [4.78, 5) is 25.1. The van der Waals surface area contributed by atoms with E-state index in [-0.39, 0.29) is 21.4 Å². The lowest BCUT2D eigenvalue weighted by Gasteiger charge is -2.13. The van der Waals surface area contributed by atoms with Gasteiger partial charge in [0.1, 0.15) is 4.90 Å². The Labute approximate surface area is 204 Å². The van der Waals surface area contributed by atoms with Gasteiger partial charge in [0.15, 0.2) is 0 Å². The van der Waals surface area contributed by atoms with Crippen molar-refractivity contribution in [3.63, 3.8) is 0 Å². The zero-order valence-electron chi connectivity index (χ0n) is 19.1. The van der Waals surface area contributed by atoms with Crippen LogP contribution in [0.4, 0.5) is 11.4 Å². The highest BCUT2D eigenvalue weighted by molar-refractivity contribution is 7.92. The van der Waals surface area contributed by atoms with Gasteiger partial charge in [-0.2, -0.15) is 0 Å². The summed E-state index contributed by atoms with van der Waals surface area (Å²) in [5.74, 6) is -0.884. The lowest BCUT2D eigenvalue weighted by atomic mass is 10.1. The molecular formula is C25H26ClN3O4S. The number of halogens is 1. The van der Waals surface area contributed by atoms with Crippen molar-refractivity contribution >= 4 is 44.8 Å². The van der Waals surface area contributed by atoms with Crippen LogP contribution in [0.15, 0.2) is 65.6 Å². The van der Waals surface area contributed by atoms with Crippen LogP contribution >= 0.6 is 11.6 Å². The Hall–Kier alpha value is -3.36. The van der Waals surface area contributed by atoms with Crippen molar-refractivity contribution in [2.75, 3.05) is 16.6 Å². The summed E-state index contributed by atoms with van der Waals surface area (Å²) in [6, 6.07) is 15.9. The quantitative estimate of drug-likeness (QED) is 0.398. The summed E-state index contributed by atoms with van der Waals surface area (Å²) in [7, 11) is -4.06. The van der Waals surface area contributed by atoms with Crippen LogP contribution in [0, 0.1) is 13.8 Å². The van der Waals surface area contributed by atoms with Gasteiger partial charge >= 0.3 is 0 Å². The molecule has 7 nitrogen and oxygen atoms in total. The number of benzene rings is 3. The number of anilines is 2. The van der Waals surface area contributed by atoms with Crippen molar-refractivity contribution in [3.05, 3.63) is 87.9 Å². The molecule has 0 saturated carbocycles. The molecule has 34 heavy (non-hydrogen) atoms. The first-order valence-corrected chi connectivity index (χ1v) is 12.6. The normalized spacial score (nSPS) is 11.1. The van der Waals surface area contributed by atoms with Gasteiger partial charge in [-0.3, -0.25) is 14.3 Å². The summed E-state index contributed by atoms with van der Waals surface area (Å²) >= 11 is 6.19. The van der Waals surface area contributed by atoms with Gasteiger partial charge in [-0.15, -0.1) is 0 Å². The third-order valence-electron chi connectivity index (χ3n) is 4.91. The Morgan fingerprint density at radius 3 is 2.26 bits per heavy atom. The minimum Gasteiger partial charge on any atom is -0.352 e. The zero-order valence-corrected chi connectivity index (χ0v) is 20.7. The van der Waals surface area contributed by atoms with E-state index >= 15 is 0 Å². The van der Waals surface area contributed by atoms with E-state index < -0.39 is 15.9 Å². The van der Waals surface area contributed by atoms with Crippen molar-refractivity contribution < 1.29 is 18.0 Å². The average molecular weight is 500 g/mol. The lowest BCUT2D eigenvalue weighted by molar-refractivity contribution is 0.0954. The summed E-state index contributed by atoms with van der Waals surface area (Å²) in [6.45, 7) is 6.17. The molecule has 2 amide bonds. The molecule has 0 aromatic heterocycles. The van der Waals surface area contributed by atoms with Crippen molar-refractivity contribution in [1.82, 2.24) is 5.32 Å². The molecule has 0 unspecified atom stereocenters. The lowest BCUT2D eigenvalue weighted by Crippen LogP contribution is -2.25. The first kappa shape index (κ1) is 25.3. The maximum Gasteiger partial charge on any atom is 0.263 e. The van der Waals surface area contributed by atoms with E-state index in [0.29, 0.717) is 23.5 Å². The first-order chi connectivity index (χ1) is 16.1. The number of amides is 2. The van der Waals surface area contributed by atoms with E-state index in [1.54, 1.807) is 36.4 Å². The van der Waals surface area contributed by atoms with E-state index in [1.807, 2.05) is 26.8 Å². The number of carbonyl (C=O) groups excluding carboxylic acids is 2. The predicted molar refractivity (Wildman–Crippen MR) is 135 cm³/mol. The molecular weight excluding hydrogens is 474 g/mol. The van der Waals surface area contributed by atoms with Gasteiger partial charge < -0.3 is 10.6 Å². The van der Waals surface area contributed by atoms with Gasteiger partial charge in [-0.1, -0.05) is 36.7 Å². The Morgan fingerprint density at radius 2 is 1.59 bits per heavy atom. The van der Waals surface area contributed by atoms with Gasteiger partial charge in [0.05, 0.1) is 16.3 Å². The number of carbonyl (C=O) groups is 2. The Morgan fingerprint density at radius 1 is 0.912 bits per heavy atom. The number of aryl methyl sites for hydroxylation is 2. The fraction of sp³-hybridized carbons (Fsp3) is 0.200. The van der Waals surface area contributed by atoms with Gasteiger partial charge in [-0.05, 0) is 73.9 Å². The number of para-hydroxylation sites is 1. The third-order valence-corrected chi connectivity index (χ3v) is 6.78. The van der Waals surface area contributed by atoms with Crippen molar-refractivity contribution in [2.45, 2.75) is 32.1 Å². The fourth-order valence-corrected chi connectivity index (χ4v) is 4.98. The largest absolute Gasteiger partial charge is 0.352 e. The Kier molecular flexibility index (Phi) is 7.96. The topological polar surface area (TPSA) is 104 Å². The second kappa shape index (κ2) is 10.7. The number of hydrogen-bond donors (Lipinski definition) is 3. The summed E-state index contributed by atoms with van der Waals surface area (Å²) in [5.41, 5.74) is 2.90. The summed E-state index contributed by atoms with van der Waals surface area (Å²) < 4.78 is 28.6. The summed E-state index contributed by atoms with van der Waals surface area (Å²) in [5, 5.41) is 5.44. The smallest absolute Gasteiger partial charge is 0.263 e. The van der Waals surface area contributed by atoms with Crippen LogP contribution in [-0.4, -0.2) is 26.8 Å². The SMILES string of the molecule is CCCNC(=O)c1ccccc1NC(=O)c1ccc(Cl)c(S(=O)(=O)Nc2cc(C)cc(C)c2)c1. The van der Waals surface area contributed by atoms with Crippen LogP contribution in [0.2, 0.25) is 5.02 Å². The standard InChI is InChI=1S/C25H26ClN3O4S/c1-4-11-27-25(31)20-7-5-6-8-22(20)28-24(30)18-9-10-21(26)23(15-18)34(32,33)29-19-13-16(2)12-17(3)14-19/h5-10,12-15,29H,4,11H2,1-3H3,(H,27,31)(H,28,30). The van der Waals surface area contributed by atoms with E-state index in [2.05, 4.69) is 15.4 Å². The second-order valence-corrected chi connectivity index (χ2v) is 9.94. The third kappa shape index (κ3) is 6.15. The molecule has 0 radical (unpaired) electrons. The number of rotatable bonds is 8. The number of hydrogen-bond acceptors (Lipinski definition) is 4. The fourth-order valence-electron chi connectivity index (χ4n) is 3.41. The molecule has 0 aliphatic rings. The van der Waals surface area contributed by atoms with Crippen molar-refractivity contribution in [3.8, 4) is 0 Å².